The van der Waals surface area contributed by atoms with Crippen LogP contribution in [-0.4, -0.2) is 49.9 Å². The molecular formula is C20H27N3O4. The van der Waals surface area contributed by atoms with Gasteiger partial charge in [-0.1, -0.05) is 0 Å². The van der Waals surface area contributed by atoms with Gasteiger partial charge < -0.3 is 20.1 Å². The van der Waals surface area contributed by atoms with E-state index < -0.39 is 5.60 Å². The van der Waals surface area contributed by atoms with Crippen LogP contribution in [0.25, 0.3) is 0 Å². The van der Waals surface area contributed by atoms with Crippen molar-refractivity contribution >= 4 is 23.4 Å². The SMILES string of the molecule is CC(C)(C)OC(=O)C1[C@H]2CN(c3ccc(N4C(=O)OC[C@@H]4CN)cc3)C[C@@H]12. The van der Waals surface area contributed by atoms with Crippen LogP contribution in [0.5, 0.6) is 0 Å². The van der Waals surface area contributed by atoms with Crippen LogP contribution < -0.4 is 15.5 Å². The predicted molar refractivity (Wildman–Crippen MR) is 102 cm³/mol. The van der Waals surface area contributed by atoms with E-state index in [2.05, 4.69) is 4.90 Å². The first-order valence-corrected chi connectivity index (χ1v) is 9.52. The number of carbonyl (C=O) groups is 2. The van der Waals surface area contributed by atoms with Crippen molar-refractivity contribution in [3.63, 3.8) is 0 Å². The van der Waals surface area contributed by atoms with Crippen molar-refractivity contribution in [2.45, 2.75) is 32.4 Å². The van der Waals surface area contributed by atoms with Crippen LogP contribution in [0, 0.1) is 17.8 Å². The summed E-state index contributed by atoms with van der Waals surface area (Å²) in [6.07, 6.45) is -0.346. The van der Waals surface area contributed by atoms with Crippen molar-refractivity contribution in [2.24, 2.45) is 23.5 Å². The summed E-state index contributed by atoms with van der Waals surface area (Å²) in [4.78, 5) is 28.1. The fraction of sp³-hybridized carbons (Fsp3) is 0.600. The molecular weight excluding hydrogens is 346 g/mol. The van der Waals surface area contributed by atoms with Gasteiger partial charge in [0.05, 0.1) is 12.0 Å². The molecule has 3 fully saturated rings. The number of fused-ring (bicyclic) bond motifs is 1. The number of ether oxygens (including phenoxy) is 2. The van der Waals surface area contributed by atoms with E-state index in [0.29, 0.717) is 25.0 Å². The zero-order valence-electron chi connectivity index (χ0n) is 16.1. The molecule has 4 atom stereocenters. The number of amides is 1. The largest absolute Gasteiger partial charge is 0.460 e. The Balaban J connectivity index is 1.37. The number of piperidine rings is 1. The third-order valence-electron chi connectivity index (χ3n) is 5.60. The topological polar surface area (TPSA) is 85.1 Å². The van der Waals surface area contributed by atoms with Crippen LogP contribution in [0.15, 0.2) is 24.3 Å². The van der Waals surface area contributed by atoms with Crippen molar-refractivity contribution in [1.29, 1.82) is 0 Å². The van der Waals surface area contributed by atoms with E-state index in [1.165, 1.54) is 0 Å². The summed E-state index contributed by atoms with van der Waals surface area (Å²) in [5.74, 6) is 0.752. The third kappa shape index (κ3) is 3.36. The van der Waals surface area contributed by atoms with E-state index in [-0.39, 0.29) is 24.0 Å². The first-order chi connectivity index (χ1) is 12.8. The molecule has 1 aliphatic carbocycles. The minimum atomic E-state index is -0.429. The highest BCUT2D eigenvalue weighted by molar-refractivity contribution is 5.90. The highest BCUT2D eigenvalue weighted by atomic mass is 16.6. The molecule has 1 aromatic rings. The number of nitrogens with zero attached hydrogens (tertiary/aromatic N) is 2. The van der Waals surface area contributed by atoms with Crippen LogP contribution >= 0.6 is 0 Å². The minimum Gasteiger partial charge on any atom is -0.460 e. The standard InChI is InChI=1S/C20H27N3O4/c1-20(2,3)27-18(24)17-15-9-22(10-16(15)17)12-4-6-13(7-5-12)23-14(8-21)11-26-19(23)25/h4-7,14-17H,8-11,21H2,1-3H3/t14-,15-,16+,17?/m0/s1. The van der Waals surface area contributed by atoms with E-state index in [1.807, 2.05) is 45.0 Å². The molecule has 3 aliphatic rings. The Morgan fingerprint density at radius 3 is 2.33 bits per heavy atom. The molecule has 2 heterocycles. The summed E-state index contributed by atoms with van der Waals surface area (Å²) in [6, 6.07) is 7.78. The van der Waals surface area contributed by atoms with E-state index in [9.17, 15) is 9.59 Å². The smallest absolute Gasteiger partial charge is 0.414 e. The van der Waals surface area contributed by atoms with Crippen molar-refractivity contribution in [1.82, 2.24) is 0 Å². The summed E-state index contributed by atoms with van der Waals surface area (Å²) < 4.78 is 10.6. The lowest BCUT2D eigenvalue weighted by atomic mass is 10.1. The van der Waals surface area contributed by atoms with Crippen molar-refractivity contribution in [3.8, 4) is 0 Å². The van der Waals surface area contributed by atoms with Crippen molar-refractivity contribution in [3.05, 3.63) is 24.3 Å². The summed E-state index contributed by atoms with van der Waals surface area (Å²) in [5.41, 5.74) is 7.20. The van der Waals surface area contributed by atoms with Gasteiger partial charge in [0, 0.05) is 31.0 Å². The van der Waals surface area contributed by atoms with Gasteiger partial charge in [0.2, 0.25) is 0 Å². The fourth-order valence-electron chi connectivity index (χ4n) is 4.23. The Morgan fingerprint density at radius 2 is 1.78 bits per heavy atom. The van der Waals surface area contributed by atoms with Crippen LogP contribution in [0.2, 0.25) is 0 Å². The highest BCUT2D eigenvalue weighted by Crippen LogP contribution is 2.53. The molecule has 1 unspecified atom stereocenters. The van der Waals surface area contributed by atoms with Gasteiger partial charge in [-0.2, -0.15) is 0 Å². The second-order valence-corrected chi connectivity index (χ2v) is 8.64. The van der Waals surface area contributed by atoms with Crippen LogP contribution in [0.1, 0.15) is 20.8 Å². The molecule has 1 aromatic carbocycles. The number of rotatable bonds is 4. The Hall–Kier alpha value is -2.28. The van der Waals surface area contributed by atoms with Gasteiger partial charge in [0.25, 0.3) is 0 Å². The van der Waals surface area contributed by atoms with E-state index in [4.69, 9.17) is 15.2 Å². The molecule has 2 N–H and O–H groups in total. The van der Waals surface area contributed by atoms with Crippen LogP contribution in [0.4, 0.5) is 16.2 Å². The molecule has 0 spiro atoms. The Kier molecular flexibility index (Phi) is 4.29. The van der Waals surface area contributed by atoms with Gasteiger partial charge in [-0.15, -0.1) is 0 Å². The highest BCUT2D eigenvalue weighted by Gasteiger charge is 2.60. The number of hydrogen-bond donors (Lipinski definition) is 1. The molecule has 4 rings (SSSR count). The summed E-state index contributed by atoms with van der Waals surface area (Å²) in [7, 11) is 0. The van der Waals surface area contributed by atoms with Gasteiger partial charge in [-0.25, -0.2) is 4.79 Å². The molecule has 146 valence electrons. The van der Waals surface area contributed by atoms with Gasteiger partial charge >= 0.3 is 12.1 Å². The monoisotopic (exact) mass is 373 g/mol. The van der Waals surface area contributed by atoms with E-state index in [0.717, 1.165) is 24.5 Å². The zero-order chi connectivity index (χ0) is 19.3. The normalized spacial score (nSPS) is 29.6. The second-order valence-electron chi connectivity index (χ2n) is 8.64. The summed E-state index contributed by atoms with van der Waals surface area (Å²) in [5, 5.41) is 0. The number of hydrogen-bond acceptors (Lipinski definition) is 6. The lowest BCUT2D eigenvalue weighted by Crippen LogP contribution is -2.38. The average molecular weight is 373 g/mol. The average Bonchev–Trinajstić information content (AvgIpc) is 2.93. The maximum atomic E-state index is 12.3. The number of esters is 1. The molecule has 27 heavy (non-hydrogen) atoms. The zero-order valence-corrected chi connectivity index (χ0v) is 16.1. The maximum Gasteiger partial charge on any atom is 0.414 e. The Bertz CT molecular complexity index is 731. The molecule has 0 radical (unpaired) electrons. The minimum absolute atomic E-state index is 0.0458. The molecule has 1 amide bonds. The van der Waals surface area contributed by atoms with Crippen molar-refractivity contribution in [2.75, 3.05) is 36.0 Å². The summed E-state index contributed by atoms with van der Waals surface area (Å²) in [6.45, 7) is 8.15. The van der Waals surface area contributed by atoms with Crippen molar-refractivity contribution < 1.29 is 19.1 Å². The van der Waals surface area contributed by atoms with E-state index >= 15 is 0 Å². The lowest BCUT2D eigenvalue weighted by molar-refractivity contribution is -0.157. The molecule has 0 aromatic heterocycles. The lowest BCUT2D eigenvalue weighted by Gasteiger charge is -2.25. The van der Waals surface area contributed by atoms with Gasteiger partial charge in [0.15, 0.2) is 0 Å². The molecule has 0 bridgehead atoms. The maximum absolute atomic E-state index is 12.3. The van der Waals surface area contributed by atoms with Crippen LogP contribution in [-0.2, 0) is 14.3 Å². The number of carbonyl (C=O) groups excluding carboxylic acids is 2. The first-order valence-electron chi connectivity index (χ1n) is 9.52. The first kappa shape index (κ1) is 18.1. The Labute approximate surface area is 159 Å². The number of benzene rings is 1. The van der Waals surface area contributed by atoms with Gasteiger partial charge in [-0.3, -0.25) is 9.69 Å². The van der Waals surface area contributed by atoms with Gasteiger partial charge in [0.1, 0.15) is 12.2 Å². The molecule has 2 saturated heterocycles. The fourth-order valence-corrected chi connectivity index (χ4v) is 4.23. The number of nitrogens with two attached hydrogens (primary N) is 1. The Morgan fingerprint density at radius 1 is 1.19 bits per heavy atom. The predicted octanol–water partition coefficient (Wildman–Crippen LogP) is 1.99. The molecule has 7 nitrogen and oxygen atoms in total. The summed E-state index contributed by atoms with van der Waals surface area (Å²) >= 11 is 0. The molecule has 2 aliphatic heterocycles. The molecule has 1 saturated carbocycles. The quantitative estimate of drug-likeness (QED) is 0.813. The molecule has 7 heteroatoms. The van der Waals surface area contributed by atoms with E-state index in [1.54, 1.807) is 4.90 Å². The number of cyclic esters (lactones) is 1. The second kappa shape index (κ2) is 6.41. The third-order valence-corrected chi connectivity index (χ3v) is 5.60. The van der Waals surface area contributed by atoms with Gasteiger partial charge in [-0.05, 0) is 56.9 Å². The van der Waals surface area contributed by atoms with Crippen LogP contribution in [0.3, 0.4) is 0 Å². The number of anilines is 2.